The lowest BCUT2D eigenvalue weighted by Crippen LogP contribution is -2.32. The van der Waals surface area contributed by atoms with Crippen molar-refractivity contribution in [2.45, 2.75) is 46.6 Å². The standard InChI is InChI=1S/C28H34N2O5S/c1-6-24-26(28(32)35-7-2)29-25(36-24)18-30(15-11-14-20-12-9-8-10-13-20)27(31)21-16-22(33-4)19(3)23(17-21)34-5/h8-10,12-13,16-17H,6-7,11,14-15,18H2,1-5H3. The lowest BCUT2D eigenvalue weighted by molar-refractivity contribution is 0.0519. The van der Waals surface area contributed by atoms with Crippen LogP contribution < -0.4 is 9.47 Å². The minimum atomic E-state index is -0.424. The number of hydrogen-bond acceptors (Lipinski definition) is 7. The molecule has 0 saturated heterocycles. The molecule has 36 heavy (non-hydrogen) atoms. The van der Waals surface area contributed by atoms with Gasteiger partial charge < -0.3 is 19.1 Å². The predicted octanol–water partition coefficient (Wildman–Crippen LogP) is 5.48. The molecule has 1 amide bonds. The molecule has 3 aromatic rings. The molecule has 7 nitrogen and oxygen atoms in total. The number of methoxy groups -OCH3 is 2. The molecule has 3 rings (SSSR count). The van der Waals surface area contributed by atoms with Crippen LogP contribution in [-0.4, -0.2) is 49.1 Å². The summed E-state index contributed by atoms with van der Waals surface area (Å²) in [5.74, 6) is 0.612. The first-order valence-electron chi connectivity index (χ1n) is 12.1. The van der Waals surface area contributed by atoms with E-state index in [-0.39, 0.29) is 12.5 Å². The van der Waals surface area contributed by atoms with Crippen LogP contribution in [-0.2, 0) is 24.1 Å². The minimum absolute atomic E-state index is 0.148. The maximum absolute atomic E-state index is 13.7. The van der Waals surface area contributed by atoms with E-state index in [0.717, 1.165) is 23.3 Å². The van der Waals surface area contributed by atoms with Gasteiger partial charge in [0.1, 0.15) is 16.5 Å². The Morgan fingerprint density at radius 1 is 1.03 bits per heavy atom. The van der Waals surface area contributed by atoms with Gasteiger partial charge in [0.25, 0.3) is 5.91 Å². The zero-order valence-corrected chi connectivity index (χ0v) is 22.4. The molecular formula is C28H34N2O5S. The molecule has 0 radical (unpaired) electrons. The molecule has 0 aliphatic carbocycles. The maximum Gasteiger partial charge on any atom is 0.358 e. The van der Waals surface area contributed by atoms with Gasteiger partial charge >= 0.3 is 5.97 Å². The number of amides is 1. The number of hydrogen-bond donors (Lipinski definition) is 0. The minimum Gasteiger partial charge on any atom is -0.496 e. The Kier molecular flexibility index (Phi) is 9.87. The summed E-state index contributed by atoms with van der Waals surface area (Å²) in [6.45, 7) is 6.76. The second-order valence-corrected chi connectivity index (χ2v) is 9.44. The van der Waals surface area contributed by atoms with E-state index in [1.165, 1.54) is 16.9 Å². The van der Waals surface area contributed by atoms with E-state index in [1.54, 1.807) is 38.2 Å². The van der Waals surface area contributed by atoms with Gasteiger partial charge in [-0.05, 0) is 50.8 Å². The van der Waals surface area contributed by atoms with Gasteiger partial charge in [-0.3, -0.25) is 4.79 Å². The number of nitrogens with zero attached hydrogens (tertiary/aromatic N) is 2. The van der Waals surface area contributed by atoms with Crippen molar-refractivity contribution >= 4 is 23.2 Å². The van der Waals surface area contributed by atoms with Crippen LogP contribution >= 0.6 is 11.3 Å². The summed E-state index contributed by atoms with van der Waals surface area (Å²) >= 11 is 1.45. The normalized spacial score (nSPS) is 10.7. The van der Waals surface area contributed by atoms with E-state index in [1.807, 2.05) is 32.0 Å². The first-order chi connectivity index (χ1) is 17.4. The molecule has 0 bridgehead atoms. The van der Waals surface area contributed by atoms with Crippen molar-refractivity contribution in [3.63, 3.8) is 0 Å². The summed E-state index contributed by atoms with van der Waals surface area (Å²) in [4.78, 5) is 33.3. The molecule has 0 N–H and O–H groups in total. The largest absolute Gasteiger partial charge is 0.496 e. The molecule has 1 aromatic heterocycles. The molecule has 192 valence electrons. The number of rotatable bonds is 12. The number of esters is 1. The number of aryl methyl sites for hydroxylation is 2. The van der Waals surface area contributed by atoms with Crippen molar-refractivity contribution < 1.29 is 23.8 Å². The molecule has 8 heteroatoms. The third-order valence-electron chi connectivity index (χ3n) is 5.88. The van der Waals surface area contributed by atoms with Crippen LogP contribution in [0.3, 0.4) is 0 Å². The van der Waals surface area contributed by atoms with Gasteiger partial charge in [0, 0.05) is 22.5 Å². The maximum atomic E-state index is 13.7. The van der Waals surface area contributed by atoms with Crippen molar-refractivity contribution in [1.29, 1.82) is 0 Å². The number of ether oxygens (including phenoxy) is 3. The highest BCUT2D eigenvalue weighted by Gasteiger charge is 2.23. The van der Waals surface area contributed by atoms with Gasteiger partial charge in [-0.15, -0.1) is 11.3 Å². The lowest BCUT2D eigenvalue weighted by atomic mass is 10.1. The molecule has 0 saturated carbocycles. The highest BCUT2D eigenvalue weighted by molar-refractivity contribution is 7.11. The van der Waals surface area contributed by atoms with Gasteiger partial charge in [-0.1, -0.05) is 37.3 Å². The van der Waals surface area contributed by atoms with Crippen molar-refractivity contribution in [2.75, 3.05) is 27.4 Å². The van der Waals surface area contributed by atoms with Crippen LogP contribution in [0.1, 0.15) is 62.1 Å². The first-order valence-corrected chi connectivity index (χ1v) is 12.9. The molecule has 0 atom stereocenters. The topological polar surface area (TPSA) is 78.0 Å². The van der Waals surface area contributed by atoms with Crippen molar-refractivity contribution in [3.8, 4) is 11.5 Å². The van der Waals surface area contributed by atoms with E-state index >= 15 is 0 Å². The van der Waals surface area contributed by atoms with Gasteiger partial charge in [0.15, 0.2) is 5.69 Å². The van der Waals surface area contributed by atoms with Crippen molar-refractivity contribution in [2.24, 2.45) is 0 Å². The van der Waals surface area contributed by atoms with Crippen LogP contribution in [0.15, 0.2) is 42.5 Å². The molecule has 0 spiro atoms. The number of aromatic nitrogens is 1. The number of carbonyl (C=O) groups is 2. The second-order valence-electron chi connectivity index (χ2n) is 8.28. The molecule has 1 heterocycles. The molecular weight excluding hydrogens is 476 g/mol. The smallest absolute Gasteiger partial charge is 0.358 e. The van der Waals surface area contributed by atoms with Gasteiger partial charge in [0.05, 0.1) is 27.4 Å². The van der Waals surface area contributed by atoms with Gasteiger partial charge in [-0.25, -0.2) is 9.78 Å². The van der Waals surface area contributed by atoms with E-state index in [0.29, 0.717) is 47.3 Å². The fraction of sp³-hybridized carbons (Fsp3) is 0.393. The molecule has 0 unspecified atom stereocenters. The Morgan fingerprint density at radius 2 is 1.69 bits per heavy atom. The van der Waals surface area contributed by atoms with Crippen molar-refractivity contribution in [1.82, 2.24) is 9.88 Å². The highest BCUT2D eigenvalue weighted by atomic mass is 32.1. The molecule has 0 aliphatic rings. The second kappa shape index (κ2) is 13.1. The third kappa shape index (κ3) is 6.63. The van der Waals surface area contributed by atoms with Crippen molar-refractivity contribution in [3.05, 3.63) is 74.7 Å². The number of benzene rings is 2. The van der Waals surface area contributed by atoms with E-state index in [9.17, 15) is 9.59 Å². The summed E-state index contributed by atoms with van der Waals surface area (Å²) in [6.07, 6.45) is 2.30. The summed E-state index contributed by atoms with van der Waals surface area (Å²) < 4.78 is 16.2. The average Bonchev–Trinajstić information content (AvgIpc) is 3.31. The molecule has 0 fully saturated rings. The van der Waals surface area contributed by atoms with Crippen LogP contribution in [0, 0.1) is 6.92 Å². The quantitative estimate of drug-likeness (QED) is 0.300. The fourth-order valence-corrected chi connectivity index (χ4v) is 5.00. The fourth-order valence-electron chi connectivity index (χ4n) is 3.99. The number of carbonyl (C=O) groups excluding carboxylic acids is 2. The Balaban J connectivity index is 1.89. The SMILES string of the molecule is CCOC(=O)c1nc(CN(CCCc2ccccc2)C(=O)c2cc(OC)c(C)c(OC)c2)sc1CC. The van der Waals surface area contributed by atoms with E-state index < -0.39 is 5.97 Å². The highest BCUT2D eigenvalue weighted by Crippen LogP contribution is 2.31. The van der Waals surface area contributed by atoms with E-state index in [2.05, 4.69) is 17.1 Å². The monoisotopic (exact) mass is 510 g/mol. The number of thiazole rings is 1. The Labute approximate surface area is 217 Å². The Hall–Kier alpha value is -3.39. The zero-order valence-electron chi connectivity index (χ0n) is 21.6. The van der Waals surface area contributed by atoms with Crippen LogP contribution in [0.4, 0.5) is 0 Å². The summed E-state index contributed by atoms with van der Waals surface area (Å²) in [7, 11) is 3.15. The average molecular weight is 511 g/mol. The predicted molar refractivity (Wildman–Crippen MR) is 141 cm³/mol. The van der Waals surface area contributed by atoms with Gasteiger partial charge in [-0.2, -0.15) is 0 Å². The summed E-state index contributed by atoms with van der Waals surface area (Å²) in [5, 5.41) is 0.703. The Bertz CT molecular complexity index is 1150. The molecule has 0 aliphatic heterocycles. The molecule has 2 aromatic carbocycles. The third-order valence-corrected chi connectivity index (χ3v) is 7.06. The van der Waals surface area contributed by atoms with E-state index in [4.69, 9.17) is 14.2 Å². The van der Waals surface area contributed by atoms with Crippen LogP contribution in [0.25, 0.3) is 0 Å². The lowest BCUT2D eigenvalue weighted by Gasteiger charge is -2.23. The summed E-state index contributed by atoms with van der Waals surface area (Å²) in [5.41, 5.74) is 2.87. The van der Waals surface area contributed by atoms with Crippen LogP contribution in [0.5, 0.6) is 11.5 Å². The van der Waals surface area contributed by atoms with Crippen LogP contribution in [0.2, 0.25) is 0 Å². The first kappa shape index (κ1) is 27.2. The summed E-state index contributed by atoms with van der Waals surface area (Å²) in [6, 6.07) is 13.7. The zero-order chi connectivity index (χ0) is 26.1. The Morgan fingerprint density at radius 3 is 2.28 bits per heavy atom. The van der Waals surface area contributed by atoms with Gasteiger partial charge in [0.2, 0.25) is 0 Å².